The molecule has 2 N–H and O–H groups in total. The zero-order valence-corrected chi connectivity index (χ0v) is 17.3. The fourth-order valence-corrected chi connectivity index (χ4v) is 5.75. The first-order valence-electron chi connectivity index (χ1n) is 10.1. The van der Waals surface area contributed by atoms with E-state index in [1.165, 1.54) is 32.8 Å². The molecule has 3 aromatic heterocycles. The molecule has 0 aliphatic carbocycles. The quantitative estimate of drug-likeness (QED) is 0.273. The number of imidazole rings is 1. The summed E-state index contributed by atoms with van der Waals surface area (Å²) in [4.78, 5) is 0. The van der Waals surface area contributed by atoms with Gasteiger partial charge in [0.2, 0.25) is 5.52 Å². The number of hydrogen-bond acceptors (Lipinski definition) is 3. The van der Waals surface area contributed by atoms with E-state index in [0.717, 1.165) is 28.5 Å². The average molecular weight is 389 g/mol. The van der Waals surface area contributed by atoms with Crippen LogP contribution in [-0.2, 0) is 17.4 Å². The van der Waals surface area contributed by atoms with Crippen LogP contribution in [0.3, 0.4) is 0 Å². The molecule has 0 fully saturated rings. The van der Waals surface area contributed by atoms with Crippen LogP contribution >= 0.6 is 0 Å². The van der Waals surface area contributed by atoms with Crippen molar-refractivity contribution in [2.45, 2.75) is 52.0 Å². The number of aromatic nitrogens is 3. The Morgan fingerprint density at radius 2 is 1.86 bits per heavy atom. The first-order chi connectivity index (χ1) is 13.7. The van der Waals surface area contributed by atoms with Crippen LogP contribution in [0.25, 0.3) is 27.5 Å². The molecule has 5 heterocycles. The Balaban J connectivity index is 1.98. The summed E-state index contributed by atoms with van der Waals surface area (Å²) in [5.74, 6) is 0. The molecule has 6 rings (SSSR count). The number of fused-ring (bicyclic) bond motifs is 1. The topological polar surface area (TPSA) is 62.6 Å². The minimum absolute atomic E-state index is 0.0553. The lowest BCUT2D eigenvalue weighted by Gasteiger charge is -2.40. The van der Waals surface area contributed by atoms with Crippen molar-refractivity contribution in [2.75, 3.05) is 0 Å². The minimum Gasteiger partial charge on any atom is -0.421 e. The number of benzene rings is 1. The lowest BCUT2D eigenvalue weighted by molar-refractivity contribution is -0.693. The second kappa shape index (κ2) is 4.91. The molecule has 1 aromatic carbocycles. The van der Waals surface area contributed by atoms with Crippen LogP contribution in [0.1, 0.15) is 50.2 Å². The highest BCUT2D eigenvalue weighted by molar-refractivity contribution is 6.33. The molecule has 4 aromatic rings. The molecule has 2 aliphatic heterocycles. The normalized spacial score (nSPS) is 17.9. The third-order valence-corrected chi connectivity index (χ3v) is 7.73. The van der Waals surface area contributed by atoms with Gasteiger partial charge in [0.15, 0.2) is 11.9 Å². The first kappa shape index (κ1) is 17.2. The molecule has 29 heavy (non-hydrogen) atoms. The molecule has 6 nitrogen and oxygen atoms in total. The van der Waals surface area contributed by atoms with Crippen LogP contribution < -0.4 is 13.7 Å². The van der Waals surface area contributed by atoms with Crippen molar-refractivity contribution in [3.8, 4) is 0 Å². The van der Waals surface area contributed by atoms with E-state index in [9.17, 15) is 10.0 Å². The number of nitrogens with zero attached hydrogens (tertiary/aromatic N) is 3. The summed E-state index contributed by atoms with van der Waals surface area (Å²) in [6, 6.07) is 8.44. The highest BCUT2D eigenvalue weighted by atomic mass is 16.7. The number of rotatable bonds is 2. The third-order valence-electron chi connectivity index (χ3n) is 7.73. The molecule has 0 atom stereocenters. The summed E-state index contributed by atoms with van der Waals surface area (Å²) in [5.41, 5.74) is 8.25. The van der Waals surface area contributed by atoms with Crippen LogP contribution in [0.2, 0.25) is 0 Å². The maximum atomic E-state index is 9.50. The Hall–Kier alpha value is -2.64. The van der Waals surface area contributed by atoms with E-state index < -0.39 is 7.32 Å². The van der Waals surface area contributed by atoms with E-state index in [-0.39, 0.29) is 10.8 Å². The molecule has 2 aliphatic rings. The van der Waals surface area contributed by atoms with Crippen molar-refractivity contribution in [2.24, 2.45) is 0 Å². The largest absolute Gasteiger partial charge is 0.728 e. The Morgan fingerprint density at radius 3 is 2.59 bits per heavy atom. The second-order valence-corrected chi connectivity index (χ2v) is 9.45. The smallest absolute Gasteiger partial charge is 0.421 e. The molecule has 0 saturated carbocycles. The second-order valence-electron chi connectivity index (χ2n) is 9.45. The van der Waals surface area contributed by atoms with E-state index in [4.69, 9.17) is 4.76 Å². The van der Waals surface area contributed by atoms with Gasteiger partial charge in [-0.05, 0) is 26.0 Å². The lowest BCUT2D eigenvalue weighted by atomic mass is 9.60. The predicted molar refractivity (Wildman–Crippen MR) is 109 cm³/mol. The van der Waals surface area contributed by atoms with E-state index >= 15 is 0 Å². The van der Waals surface area contributed by atoms with Crippen molar-refractivity contribution < 1.29 is 23.8 Å². The van der Waals surface area contributed by atoms with Crippen LogP contribution in [-0.4, -0.2) is 22.1 Å². The number of para-hydroxylation sites is 1. The molecule has 0 saturated heterocycles. The Bertz CT molecular complexity index is 1400. The fourth-order valence-electron chi connectivity index (χ4n) is 5.75. The van der Waals surface area contributed by atoms with Crippen LogP contribution in [0.15, 0.2) is 30.5 Å². The lowest BCUT2D eigenvalue weighted by Crippen LogP contribution is -2.51. The van der Waals surface area contributed by atoms with Gasteiger partial charge in [0, 0.05) is 29.7 Å². The molecular weight excluding hydrogens is 365 g/mol. The summed E-state index contributed by atoms with van der Waals surface area (Å²) in [5, 5.41) is 21.2. The first-order valence-corrected chi connectivity index (χ1v) is 10.1. The summed E-state index contributed by atoms with van der Waals surface area (Å²) in [6.45, 7) is 12.4. The Labute approximate surface area is 168 Å². The Kier molecular flexibility index (Phi) is 2.92. The van der Waals surface area contributed by atoms with E-state index in [0.29, 0.717) is 0 Å². The van der Waals surface area contributed by atoms with Gasteiger partial charge < -0.3 is 14.8 Å². The van der Waals surface area contributed by atoms with E-state index in [1.807, 2.05) is 6.07 Å². The van der Waals surface area contributed by atoms with E-state index in [1.54, 1.807) is 6.20 Å². The molecular formula is C22H24BN3O3+2. The maximum Gasteiger partial charge on any atom is 0.728 e. The maximum absolute atomic E-state index is 9.50. The van der Waals surface area contributed by atoms with Gasteiger partial charge in [0.1, 0.15) is 5.52 Å². The van der Waals surface area contributed by atoms with Gasteiger partial charge in [-0.2, -0.15) is 0 Å². The monoisotopic (exact) mass is 389 g/mol. The van der Waals surface area contributed by atoms with Gasteiger partial charge in [-0.1, -0.05) is 30.4 Å². The molecule has 146 valence electrons. The molecule has 7 heteroatoms. The fraction of sp³-hybridized carbons (Fsp3) is 0.364. The van der Waals surface area contributed by atoms with Crippen molar-refractivity contribution in [3.05, 3.63) is 53.0 Å². The third kappa shape index (κ3) is 1.73. The van der Waals surface area contributed by atoms with Gasteiger partial charge in [0.25, 0.3) is 11.4 Å². The standard InChI is InChI=1S/C22H24BN3O3/c1-12-19-22(4,5)21(2,3)15-8-6-7-14-17(15)26(19)20-16-13(11-24(12)20)9-10-25(18(14)16)29-23(27)28/h6-10,27-28H,11H2,1-5H3/q+2. The van der Waals surface area contributed by atoms with Crippen LogP contribution in [0.4, 0.5) is 0 Å². The van der Waals surface area contributed by atoms with Gasteiger partial charge in [-0.15, -0.1) is 4.57 Å². The van der Waals surface area contributed by atoms with Crippen molar-refractivity contribution in [1.82, 2.24) is 4.73 Å². The van der Waals surface area contributed by atoms with Crippen molar-refractivity contribution >= 4 is 34.8 Å². The Morgan fingerprint density at radius 1 is 1.10 bits per heavy atom. The molecule has 0 amide bonds. The SMILES string of the molecule is Cc1c2[n+]3c4c(cccc4c4c5c(ccn4OB(O)O)C[n+]1c53)C(C)(C)C2(C)C. The highest BCUT2D eigenvalue weighted by Crippen LogP contribution is 2.49. The molecule has 0 unspecified atom stereocenters. The summed E-state index contributed by atoms with van der Waals surface area (Å²) < 4.78 is 11.7. The van der Waals surface area contributed by atoms with Crippen LogP contribution in [0, 0.1) is 6.92 Å². The zero-order valence-electron chi connectivity index (χ0n) is 17.3. The molecule has 0 bridgehead atoms. The predicted octanol–water partition coefficient (Wildman–Crippen LogP) is 1.46. The minimum atomic E-state index is -1.89. The number of pyridine rings is 2. The van der Waals surface area contributed by atoms with Gasteiger partial charge >= 0.3 is 13.0 Å². The highest BCUT2D eigenvalue weighted by Gasteiger charge is 2.58. The summed E-state index contributed by atoms with van der Waals surface area (Å²) in [6.07, 6.45) is 1.78. The van der Waals surface area contributed by atoms with Gasteiger partial charge in [-0.3, -0.25) is 0 Å². The summed E-state index contributed by atoms with van der Waals surface area (Å²) in [7, 11) is -1.89. The van der Waals surface area contributed by atoms with Crippen molar-refractivity contribution in [1.29, 1.82) is 0 Å². The number of hydrogen-bond donors (Lipinski definition) is 2. The molecule has 0 radical (unpaired) electrons. The van der Waals surface area contributed by atoms with Gasteiger partial charge in [-0.25, -0.2) is 4.73 Å². The average Bonchev–Trinajstić information content (AvgIpc) is 3.16. The van der Waals surface area contributed by atoms with Crippen molar-refractivity contribution in [3.63, 3.8) is 0 Å². The molecule has 0 spiro atoms. The van der Waals surface area contributed by atoms with Crippen LogP contribution in [0.5, 0.6) is 0 Å². The summed E-state index contributed by atoms with van der Waals surface area (Å²) >= 11 is 0. The zero-order chi connectivity index (χ0) is 20.5. The van der Waals surface area contributed by atoms with E-state index in [2.05, 4.69) is 61.8 Å². The van der Waals surface area contributed by atoms with Gasteiger partial charge in [0.05, 0.1) is 10.8 Å².